The Hall–Kier alpha value is -0.790. The van der Waals surface area contributed by atoms with Gasteiger partial charge in [0.15, 0.2) is 0 Å². The summed E-state index contributed by atoms with van der Waals surface area (Å²) < 4.78 is 0. The Morgan fingerprint density at radius 1 is 1.35 bits per heavy atom. The molecule has 2 heteroatoms. The second kappa shape index (κ2) is 6.32. The van der Waals surface area contributed by atoms with Crippen LogP contribution in [0.25, 0.3) is 0 Å². The summed E-state index contributed by atoms with van der Waals surface area (Å²) in [7, 11) is 0. The fourth-order valence-corrected chi connectivity index (χ4v) is 3.20. The third-order valence-electron chi connectivity index (χ3n) is 4.98. The van der Waals surface area contributed by atoms with E-state index in [2.05, 4.69) is 38.7 Å². The van der Waals surface area contributed by atoms with Crippen LogP contribution in [0.4, 0.5) is 0 Å². The van der Waals surface area contributed by atoms with E-state index in [0.29, 0.717) is 17.2 Å². The first-order chi connectivity index (χ1) is 9.46. The van der Waals surface area contributed by atoms with Crippen LogP contribution in [0.3, 0.4) is 0 Å². The van der Waals surface area contributed by atoms with Crippen molar-refractivity contribution in [1.82, 2.24) is 4.90 Å². The highest BCUT2D eigenvalue weighted by Gasteiger charge is 2.50. The second-order valence-electron chi connectivity index (χ2n) is 7.43. The third kappa shape index (κ3) is 4.10. The molecule has 0 aromatic heterocycles. The highest BCUT2D eigenvalue weighted by Crippen LogP contribution is 2.56. The predicted molar refractivity (Wildman–Crippen MR) is 84.5 cm³/mol. The van der Waals surface area contributed by atoms with Crippen molar-refractivity contribution < 1.29 is 4.79 Å². The van der Waals surface area contributed by atoms with E-state index in [4.69, 9.17) is 0 Å². The molecule has 0 spiro atoms. The van der Waals surface area contributed by atoms with Crippen LogP contribution in [0.15, 0.2) is 11.6 Å². The lowest BCUT2D eigenvalue weighted by atomic mass is 9.98. The van der Waals surface area contributed by atoms with Gasteiger partial charge in [-0.1, -0.05) is 25.5 Å². The number of nitrogens with zero attached hydrogens (tertiary/aromatic N) is 1. The van der Waals surface area contributed by atoms with E-state index in [1.807, 2.05) is 0 Å². The van der Waals surface area contributed by atoms with Crippen molar-refractivity contribution >= 4 is 5.91 Å². The zero-order valence-electron chi connectivity index (χ0n) is 13.7. The van der Waals surface area contributed by atoms with Crippen LogP contribution in [0.1, 0.15) is 66.2 Å². The number of amides is 1. The standard InChI is InChI=1S/C18H31NO/c1-5-11-19(17(20)15-8-9-15)13-16-12-18(16,4)10-6-7-14(2)3/h7,15-16H,5-6,8-13H2,1-4H3. The average Bonchev–Trinajstić information content (AvgIpc) is 3.26. The van der Waals surface area contributed by atoms with E-state index in [-0.39, 0.29) is 0 Å². The number of hydrogen-bond donors (Lipinski definition) is 0. The van der Waals surface area contributed by atoms with Crippen molar-refractivity contribution in [1.29, 1.82) is 0 Å². The van der Waals surface area contributed by atoms with E-state index < -0.39 is 0 Å². The monoisotopic (exact) mass is 277 g/mol. The highest BCUT2D eigenvalue weighted by molar-refractivity contribution is 5.81. The quantitative estimate of drug-likeness (QED) is 0.602. The first kappa shape index (κ1) is 15.6. The minimum atomic E-state index is 0.372. The van der Waals surface area contributed by atoms with Crippen molar-refractivity contribution in [3.63, 3.8) is 0 Å². The molecule has 2 aliphatic carbocycles. The van der Waals surface area contributed by atoms with Crippen molar-refractivity contribution in [3.8, 4) is 0 Å². The lowest BCUT2D eigenvalue weighted by Crippen LogP contribution is -2.35. The van der Waals surface area contributed by atoms with Crippen LogP contribution in [-0.2, 0) is 4.79 Å². The number of allylic oxidation sites excluding steroid dienone is 2. The maximum atomic E-state index is 12.3. The molecule has 0 heterocycles. The molecule has 2 saturated carbocycles. The Morgan fingerprint density at radius 3 is 2.60 bits per heavy atom. The molecule has 2 fully saturated rings. The van der Waals surface area contributed by atoms with Crippen LogP contribution in [-0.4, -0.2) is 23.9 Å². The summed E-state index contributed by atoms with van der Waals surface area (Å²) in [5.74, 6) is 1.55. The number of carbonyl (C=O) groups is 1. The van der Waals surface area contributed by atoms with E-state index >= 15 is 0 Å². The van der Waals surface area contributed by atoms with Crippen molar-refractivity contribution in [2.75, 3.05) is 13.1 Å². The van der Waals surface area contributed by atoms with E-state index in [1.54, 1.807) is 0 Å². The lowest BCUT2D eigenvalue weighted by Gasteiger charge is -2.23. The molecule has 1 amide bonds. The molecule has 20 heavy (non-hydrogen) atoms. The maximum Gasteiger partial charge on any atom is 0.225 e. The zero-order chi connectivity index (χ0) is 14.8. The van der Waals surface area contributed by atoms with Gasteiger partial charge in [-0.3, -0.25) is 4.79 Å². The van der Waals surface area contributed by atoms with Gasteiger partial charge in [0.2, 0.25) is 5.91 Å². The Labute approximate surface area is 124 Å². The molecule has 0 saturated heterocycles. The first-order valence-electron chi connectivity index (χ1n) is 8.38. The molecule has 2 nitrogen and oxygen atoms in total. The molecule has 2 rings (SSSR count). The molecule has 2 aliphatic rings. The van der Waals surface area contributed by atoms with Gasteiger partial charge in [0.05, 0.1) is 0 Å². The van der Waals surface area contributed by atoms with E-state index in [1.165, 1.54) is 24.8 Å². The van der Waals surface area contributed by atoms with Crippen molar-refractivity contribution in [3.05, 3.63) is 11.6 Å². The second-order valence-corrected chi connectivity index (χ2v) is 7.43. The van der Waals surface area contributed by atoms with Gasteiger partial charge in [0, 0.05) is 19.0 Å². The Morgan fingerprint density at radius 2 is 2.05 bits per heavy atom. The molecule has 0 aromatic rings. The Bertz CT molecular complexity index is 379. The van der Waals surface area contributed by atoms with Crippen LogP contribution >= 0.6 is 0 Å². The molecule has 0 bridgehead atoms. The zero-order valence-corrected chi connectivity index (χ0v) is 13.7. The summed E-state index contributed by atoms with van der Waals surface area (Å²) in [4.78, 5) is 14.5. The van der Waals surface area contributed by atoms with Crippen LogP contribution in [0.5, 0.6) is 0 Å². The Balaban J connectivity index is 1.80. The molecule has 0 aromatic carbocycles. The van der Waals surface area contributed by atoms with Gasteiger partial charge in [-0.2, -0.15) is 0 Å². The predicted octanol–water partition coefficient (Wildman–Crippen LogP) is 4.41. The van der Waals surface area contributed by atoms with Gasteiger partial charge in [-0.25, -0.2) is 0 Å². The Kier molecular flexibility index (Phi) is 4.93. The first-order valence-corrected chi connectivity index (χ1v) is 8.38. The van der Waals surface area contributed by atoms with Crippen LogP contribution in [0, 0.1) is 17.3 Å². The summed E-state index contributed by atoms with van der Waals surface area (Å²) in [6.07, 6.45) is 9.46. The molecule has 2 unspecified atom stereocenters. The smallest absolute Gasteiger partial charge is 0.225 e. The molecular weight excluding hydrogens is 246 g/mol. The summed E-state index contributed by atoms with van der Waals surface area (Å²) in [6.45, 7) is 10.9. The van der Waals surface area contributed by atoms with Crippen LogP contribution in [0.2, 0.25) is 0 Å². The van der Waals surface area contributed by atoms with Crippen LogP contribution < -0.4 is 0 Å². The van der Waals surface area contributed by atoms with Gasteiger partial charge in [-0.05, 0) is 63.7 Å². The summed E-state index contributed by atoms with van der Waals surface area (Å²) in [5, 5.41) is 0. The SMILES string of the molecule is CCCN(CC1CC1(C)CCC=C(C)C)C(=O)C1CC1. The topological polar surface area (TPSA) is 20.3 Å². The molecule has 0 N–H and O–H groups in total. The van der Waals surface area contributed by atoms with Gasteiger partial charge < -0.3 is 4.90 Å². The molecule has 0 radical (unpaired) electrons. The van der Waals surface area contributed by atoms with Gasteiger partial charge >= 0.3 is 0 Å². The summed E-state index contributed by atoms with van der Waals surface area (Å²) >= 11 is 0. The minimum Gasteiger partial charge on any atom is -0.342 e. The van der Waals surface area contributed by atoms with E-state index in [0.717, 1.165) is 38.3 Å². The summed E-state index contributed by atoms with van der Waals surface area (Å²) in [5.41, 5.74) is 1.91. The fraction of sp³-hybridized carbons (Fsp3) is 0.833. The minimum absolute atomic E-state index is 0.372. The molecule has 114 valence electrons. The molecule has 0 aliphatic heterocycles. The normalized spacial score (nSPS) is 28.1. The largest absolute Gasteiger partial charge is 0.342 e. The van der Waals surface area contributed by atoms with Gasteiger partial charge in [-0.15, -0.1) is 0 Å². The molecular formula is C18H31NO. The number of rotatable bonds is 8. The number of carbonyl (C=O) groups excluding carboxylic acids is 1. The van der Waals surface area contributed by atoms with Gasteiger partial charge in [0.25, 0.3) is 0 Å². The summed E-state index contributed by atoms with van der Waals surface area (Å²) in [6, 6.07) is 0. The maximum absolute atomic E-state index is 12.3. The van der Waals surface area contributed by atoms with E-state index in [9.17, 15) is 4.79 Å². The lowest BCUT2D eigenvalue weighted by molar-refractivity contribution is -0.133. The highest BCUT2D eigenvalue weighted by atomic mass is 16.2. The average molecular weight is 277 g/mol. The number of hydrogen-bond acceptors (Lipinski definition) is 1. The third-order valence-corrected chi connectivity index (χ3v) is 4.98. The van der Waals surface area contributed by atoms with Crippen molar-refractivity contribution in [2.45, 2.75) is 66.2 Å². The van der Waals surface area contributed by atoms with Gasteiger partial charge in [0.1, 0.15) is 0 Å². The van der Waals surface area contributed by atoms with Crippen molar-refractivity contribution in [2.24, 2.45) is 17.3 Å². The fourth-order valence-electron chi connectivity index (χ4n) is 3.20. The molecule has 2 atom stereocenters.